The van der Waals surface area contributed by atoms with Gasteiger partial charge in [-0.2, -0.15) is 0 Å². The van der Waals surface area contributed by atoms with Crippen LogP contribution in [-0.2, 0) is 0 Å². The van der Waals surface area contributed by atoms with E-state index in [4.69, 9.17) is 15.3 Å². The lowest BCUT2D eigenvalue weighted by Gasteiger charge is -2.13. The van der Waals surface area contributed by atoms with Crippen LogP contribution in [-0.4, -0.2) is 40.3 Å². The van der Waals surface area contributed by atoms with Gasteiger partial charge in [-0.1, -0.05) is 0 Å². The molecular weight excluding hydrogens is 236 g/mol. The Morgan fingerprint density at radius 2 is 1.94 bits per heavy atom. The molecule has 1 rings (SSSR count). The minimum atomic E-state index is -3.39. The molecular formula is C10H11F2NO4. The highest BCUT2D eigenvalue weighted by molar-refractivity contribution is 5.94. The van der Waals surface area contributed by atoms with E-state index < -0.39 is 36.5 Å². The molecule has 0 saturated carbocycles. The minimum Gasteiger partial charge on any atom is -0.504 e. The number of amides is 1. The number of phenols is 2. The number of hydrogen-bond acceptors (Lipinski definition) is 4. The summed E-state index contributed by atoms with van der Waals surface area (Å²) in [4.78, 5) is 11.4. The van der Waals surface area contributed by atoms with Crippen LogP contribution >= 0.6 is 0 Å². The topological polar surface area (TPSA) is 89.8 Å². The largest absolute Gasteiger partial charge is 0.504 e. The summed E-state index contributed by atoms with van der Waals surface area (Å²) < 4.78 is 25.2. The van der Waals surface area contributed by atoms with Crippen molar-refractivity contribution in [3.8, 4) is 11.5 Å². The Morgan fingerprint density at radius 1 is 1.29 bits per heavy atom. The molecule has 5 nitrogen and oxygen atoms in total. The molecule has 0 atom stereocenters. The molecule has 7 heteroatoms. The standard InChI is InChI=1S/C10H11F2NO4/c11-10(12,5-14)4-13-9(17)6-1-2-7(15)8(16)3-6/h1-3,14-16H,4-5H2,(H,13,17). The molecule has 4 N–H and O–H groups in total. The van der Waals surface area contributed by atoms with E-state index in [0.29, 0.717) is 0 Å². The Bertz CT molecular complexity index is 423. The maximum absolute atomic E-state index is 12.6. The van der Waals surface area contributed by atoms with Crippen molar-refractivity contribution < 1.29 is 28.9 Å². The summed E-state index contributed by atoms with van der Waals surface area (Å²) in [6, 6.07) is 3.18. The van der Waals surface area contributed by atoms with Crippen LogP contribution in [0.1, 0.15) is 10.4 Å². The van der Waals surface area contributed by atoms with Crippen molar-refractivity contribution in [3.63, 3.8) is 0 Å². The van der Waals surface area contributed by atoms with Gasteiger partial charge in [0.2, 0.25) is 0 Å². The lowest BCUT2D eigenvalue weighted by Crippen LogP contribution is -2.38. The minimum absolute atomic E-state index is 0.0750. The predicted molar refractivity (Wildman–Crippen MR) is 54.1 cm³/mol. The molecule has 0 fully saturated rings. The molecule has 0 aromatic heterocycles. The first-order valence-electron chi connectivity index (χ1n) is 4.64. The van der Waals surface area contributed by atoms with Gasteiger partial charge < -0.3 is 20.6 Å². The van der Waals surface area contributed by atoms with Crippen LogP contribution < -0.4 is 5.32 Å². The SMILES string of the molecule is O=C(NCC(F)(F)CO)c1ccc(O)c(O)c1. The van der Waals surface area contributed by atoms with Gasteiger partial charge in [-0.3, -0.25) is 4.79 Å². The molecule has 0 unspecified atom stereocenters. The molecule has 0 radical (unpaired) electrons. The van der Waals surface area contributed by atoms with E-state index in [1.807, 2.05) is 5.32 Å². The van der Waals surface area contributed by atoms with Gasteiger partial charge in [0, 0.05) is 5.56 Å². The zero-order valence-corrected chi connectivity index (χ0v) is 8.65. The fourth-order valence-corrected chi connectivity index (χ4v) is 1.03. The van der Waals surface area contributed by atoms with Crippen molar-refractivity contribution in [1.29, 1.82) is 0 Å². The molecule has 0 saturated heterocycles. The van der Waals surface area contributed by atoms with E-state index in [2.05, 4.69) is 0 Å². The molecule has 1 amide bonds. The first-order valence-corrected chi connectivity index (χ1v) is 4.64. The summed E-state index contributed by atoms with van der Waals surface area (Å²) in [5.41, 5.74) is -0.0750. The average Bonchev–Trinajstić information content (AvgIpc) is 2.30. The number of aromatic hydroxyl groups is 2. The van der Waals surface area contributed by atoms with Gasteiger partial charge in [-0.05, 0) is 18.2 Å². The number of nitrogens with one attached hydrogen (secondary N) is 1. The predicted octanol–water partition coefficient (Wildman–Crippen LogP) is 0.455. The molecule has 0 aliphatic rings. The van der Waals surface area contributed by atoms with Crippen molar-refractivity contribution in [2.75, 3.05) is 13.2 Å². The monoisotopic (exact) mass is 247 g/mol. The number of rotatable bonds is 4. The number of hydrogen-bond donors (Lipinski definition) is 4. The highest BCUT2D eigenvalue weighted by atomic mass is 19.3. The van der Waals surface area contributed by atoms with Crippen molar-refractivity contribution in [1.82, 2.24) is 5.32 Å². The molecule has 0 aliphatic heterocycles. The fourth-order valence-electron chi connectivity index (χ4n) is 1.03. The summed E-state index contributed by atoms with van der Waals surface area (Å²) in [6.45, 7) is -2.38. The van der Waals surface area contributed by atoms with Crippen molar-refractivity contribution in [3.05, 3.63) is 23.8 Å². The van der Waals surface area contributed by atoms with E-state index in [1.165, 1.54) is 6.07 Å². The number of halogens is 2. The molecule has 0 bridgehead atoms. The van der Waals surface area contributed by atoms with Crippen molar-refractivity contribution in [2.24, 2.45) is 0 Å². The summed E-state index contributed by atoms with van der Waals surface area (Å²) in [5, 5.41) is 28.3. The lowest BCUT2D eigenvalue weighted by molar-refractivity contribution is -0.0462. The summed E-state index contributed by atoms with van der Waals surface area (Å²) in [7, 11) is 0. The van der Waals surface area contributed by atoms with Crippen LogP contribution in [0, 0.1) is 0 Å². The van der Waals surface area contributed by atoms with E-state index in [1.54, 1.807) is 0 Å². The zero-order valence-electron chi connectivity index (χ0n) is 8.65. The molecule has 1 aromatic carbocycles. The van der Waals surface area contributed by atoms with Crippen LogP contribution in [0.5, 0.6) is 11.5 Å². The Labute approximate surface area is 95.3 Å². The molecule has 0 spiro atoms. The molecule has 0 heterocycles. The van der Waals surface area contributed by atoms with Gasteiger partial charge in [0.1, 0.15) is 6.61 Å². The van der Waals surface area contributed by atoms with E-state index in [-0.39, 0.29) is 5.56 Å². The van der Waals surface area contributed by atoms with Crippen molar-refractivity contribution in [2.45, 2.75) is 5.92 Å². The Kier molecular flexibility index (Phi) is 3.84. The van der Waals surface area contributed by atoms with E-state index in [0.717, 1.165) is 12.1 Å². The first-order chi connectivity index (χ1) is 7.85. The van der Waals surface area contributed by atoms with Gasteiger partial charge in [-0.25, -0.2) is 8.78 Å². The highest BCUT2D eigenvalue weighted by Crippen LogP contribution is 2.24. The van der Waals surface area contributed by atoms with Crippen LogP contribution in [0.25, 0.3) is 0 Å². The number of alkyl halides is 2. The number of aliphatic hydroxyl groups excluding tert-OH is 1. The van der Waals surface area contributed by atoms with E-state index >= 15 is 0 Å². The van der Waals surface area contributed by atoms with Crippen LogP contribution in [0.15, 0.2) is 18.2 Å². The lowest BCUT2D eigenvalue weighted by atomic mass is 10.2. The summed E-state index contributed by atoms with van der Waals surface area (Å²) >= 11 is 0. The number of carbonyl (C=O) groups excluding carboxylic acids is 1. The van der Waals surface area contributed by atoms with E-state index in [9.17, 15) is 13.6 Å². The number of aliphatic hydroxyl groups is 1. The Hall–Kier alpha value is -1.89. The molecule has 0 aliphatic carbocycles. The molecule has 94 valence electrons. The molecule has 17 heavy (non-hydrogen) atoms. The number of phenolic OH excluding ortho intramolecular Hbond substituents is 2. The van der Waals surface area contributed by atoms with Crippen LogP contribution in [0.2, 0.25) is 0 Å². The molecule has 1 aromatic rings. The van der Waals surface area contributed by atoms with Gasteiger partial charge in [-0.15, -0.1) is 0 Å². The Balaban J connectivity index is 2.68. The number of carbonyl (C=O) groups is 1. The quantitative estimate of drug-likeness (QED) is 0.582. The maximum atomic E-state index is 12.6. The maximum Gasteiger partial charge on any atom is 0.287 e. The van der Waals surface area contributed by atoms with Crippen LogP contribution in [0.3, 0.4) is 0 Å². The second-order valence-corrected chi connectivity index (χ2v) is 3.40. The second kappa shape index (κ2) is 4.96. The third-order valence-electron chi connectivity index (χ3n) is 1.98. The van der Waals surface area contributed by atoms with Crippen molar-refractivity contribution >= 4 is 5.91 Å². The highest BCUT2D eigenvalue weighted by Gasteiger charge is 2.28. The summed E-state index contributed by atoms with van der Waals surface area (Å²) in [6.07, 6.45) is 0. The third kappa shape index (κ3) is 3.56. The zero-order chi connectivity index (χ0) is 13.1. The van der Waals surface area contributed by atoms with Crippen LogP contribution in [0.4, 0.5) is 8.78 Å². The first kappa shape index (κ1) is 13.2. The number of benzene rings is 1. The van der Waals surface area contributed by atoms with Gasteiger partial charge in [0.25, 0.3) is 11.8 Å². The fraction of sp³-hybridized carbons (Fsp3) is 0.300. The van der Waals surface area contributed by atoms with Gasteiger partial charge >= 0.3 is 0 Å². The van der Waals surface area contributed by atoms with Gasteiger partial charge in [0.15, 0.2) is 11.5 Å². The normalized spacial score (nSPS) is 11.2. The Morgan fingerprint density at radius 3 is 2.47 bits per heavy atom. The summed E-state index contributed by atoms with van der Waals surface area (Å²) in [5.74, 6) is -5.17. The average molecular weight is 247 g/mol. The third-order valence-corrected chi connectivity index (χ3v) is 1.98. The smallest absolute Gasteiger partial charge is 0.287 e. The second-order valence-electron chi connectivity index (χ2n) is 3.40. The van der Waals surface area contributed by atoms with Gasteiger partial charge in [0.05, 0.1) is 6.54 Å².